The molecule has 2 aromatic rings. The lowest BCUT2D eigenvalue weighted by atomic mass is 9.75. The number of aliphatic carboxylic acids is 2. The number of aromatic nitrogens is 3. The second kappa shape index (κ2) is 12.7. The first kappa shape index (κ1) is 32.6. The number of likely N-dealkylation sites (tertiary alicyclic amines) is 1. The van der Waals surface area contributed by atoms with Crippen LogP contribution in [0.3, 0.4) is 0 Å². The van der Waals surface area contributed by atoms with Crippen molar-refractivity contribution in [2.75, 3.05) is 31.1 Å². The van der Waals surface area contributed by atoms with Crippen molar-refractivity contribution in [3.05, 3.63) is 47.9 Å². The van der Waals surface area contributed by atoms with Crippen LogP contribution in [0, 0.1) is 12.3 Å². The second-order valence-electron chi connectivity index (χ2n) is 9.11. The average molecular weight is 587 g/mol. The topological polar surface area (TPSA) is 120 Å². The highest BCUT2D eigenvalue weighted by atomic mass is 19.4. The molecule has 1 atom stereocenters. The molecule has 2 aromatic heterocycles. The van der Waals surface area contributed by atoms with Gasteiger partial charge in [-0.15, -0.1) is 5.10 Å². The maximum Gasteiger partial charge on any atom is 0.490 e. The lowest BCUT2D eigenvalue weighted by Gasteiger charge is -2.46. The highest BCUT2D eigenvalue weighted by Crippen LogP contribution is 2.50. The third-order valence-electron chi connectivity index (χ3n) is 6.15. The highest BCUT2D eigenvalue weighted by molar-refractivity contribution is 5.73. The van der Waals surface area contributed by atoms with Crippen molar-refractivity contribution in [3.8, 4) is 0 Å². The number of rotatable bonds is 3. The number of pyridine rings is 1. The zero-order valence-corrected chi connectivity index (χ0v) is 20.9. The third kappa shape index (κ3) is 8.96. The summed E-state index contributed by atoms with van der Waals surface area (Å²) in [7, 11) is 0. The fourth-order valence-electron chi connectivity index (χ4n) is 4.12. The minimum absolute atomic E-state index is 0.0918. The van der Waals surface area contributed by atoms with Gasteiger partial charge in [-0.05, 0) is 43.2 Å². The van der Waals surface area contributed by atoms with E-state index in [-0.39, 0.29) is 6.42 Å². The van der Waals surface area contributed by atoms with Crippen molar-refractivity contribution < 1.29 is 54.9 Å². The number of halogens is 8. The molecule has 2 fully saturated rings. The van der Waals surface area contributed by atoms with E-state index in [2.05, 4.69) is 20.1 Å². The Morgan fingerprint density at radius 1 is 0.875 bits per heavy atom. The molecule has 0 bridgehead atoms. The van der Waals surface area contributed by atoms with E-state index in [1.807, 2.05) is 36.1 Å². The van der Waals surface area contributed by atoms with Gasteiger partial charge in [-0.25, -0.2) is 18.4 Å². The quantitative estimate of drug-likeness (QED) is 0.510. The van der Waals surface area contributed by atoms with Gasteiger partial charge in [0.05, 0.1) is 11.1 Å². The Labute approximate surface area is 222 Å². The minimum atomic E-state index is -5.08. The standard InChI is InChI=1S/C19H23F2N5.2C2HF3O2/c1-15-2-3-17(24-23-15)26-11-6-18(14-26)13-25(10-7-19(18,20)21)12-16-4-8-22-9-5-16;2*3-2(4,5)1(6)7/h2-5,8-9H,6-7,10-14H2,1H3;2*(H,6,7). The molecule has 17 heteroatoms. The monoisotopic (exact) mass is 587 g/mol. The van der Waals surface area contributed by atoms with Gasteiger partial charge in [0, 0.05) is 51.5 Å². The molecule has 2 saturated heterocycles. The molecule has 1 spiro atoms. The van der Waals surface area contributed by atoms with Crippen LogP contribution in [-0.4, -0.2) is 86.7 Å². The molecule has 2 N–H and O–H groups in total. The first-order valence-corrected chi connectivity index (χ1v) is 11.5. The molecule has 1 unspecified atom stereocenters. The summed E-state index contributed by atoms with van der Waals surface area (Å²) in [5.74, 6) is -7.48. The van der Waals surface area contributed by atoms with Crippen LogP contribution in [0.5, 0.6) is 0 Å². The Bertz CT molecular complexity index is 1110. The van der Waals surface area contributed by atoms with Crippen molar-refractivity contribution in [2.24, 2.45) is 5.41 Å². The highest BCUT2D eigenvalue weighted by Gasteiger charge is 2.59. The van der Waals surface area contributed by atoms with Crippen LogP contribution < -0.4 is 4.90 Å². The molecule has 0 aromatic carbocycles. The Balaban J connectivity index is 0.000000333. The number of anilines is 1. The molecule has 2 aliphatic rings. The molecule has 0 radical (unpaired) electrons. The Morgan fingerprint density at radius 3 is 1.90 bits per heavy atom. The molecule has 4 rings (SSSR count). The fraction of sp³-hybridized carbons (Fsp3) is 0.522. The number of hydrogen-bond donors (Lipinski definition) is 2. The van der Waals surface area contributed by atoms with Crippen LogP contribution in [0.25, 0.3) is 0 Å². The van der Waals surface area contributed by atoms with Crippen molar-refractivity contribution >= 4 is 17.8 Å². The smallest absolute Gasteiger partial charge is 0.475 e. The van der Waals surface area contributed by atoms with Gasteiger partial charge in [0.15, 0.2) is 5.82 Å². The Hall–Kier alpha value is -3.63. The summed E-state index contributed by atoms with van der Waals surface area (Å²) in [5.41, 5.74) is 0.916. The van der Waals surface area contributed by atoms with Gasteiger partial charge in [0.25, 0.3) is 5.92 Å². The van der Waals surface area contributed by atoms with Crippen LogP contribution in [0.15, 0.2) is 36.7 Å². The van der Waals surface area contributed by atoms with E-state index in [1.165, 1.54) is 0 Å². The number of alkyl halides is 8. The molecule has 2 aliphatic heterocycles. The van der Waals surface area contributed by atoms with E-state index >= 15 is 0 Å². The fourth-order valence-corrected chi connectivity index (χ4v) is 4.12. The summed E-state index contributed by atoms with van der Waals surface area (Å²) in [4.78, 5) is 25.9. The summed E-state index contributed by atoms with van der Waals surface area (Å²) in [5, 5.41) is 22.5. The maximum atomic E-state index is 14.9. The molecule has 0 aliphatic carbocycles. The summed E-state index contributed by atoms with van der Waals surface area (Å²) < 4.78 is 93.3. The third-order valence-corrected chi connectivity index (χ3v) is 6.15. The van der Waals surface area contributed by atoms with Gasteiger partial charge < -0.3 is 15.1 Å². The summed E-state index contributed by atoms with van der Waals surface area (Å²) in [6.07, 6.45) is -6.29. The number of carbonyl (C=O) groups is 2. The SMILES string of the molecule is Cc1ccc(N2CCC3(CN(Cc4ccncc4)CCC3(F)F)C2)nn1.O=C(O)C(F)(F)F.O=C(O)C(F)(F)F. The number of piperidine rings is 1. The molecule has 4 heterocycles. The number of carboxylic acids is 2. The minimum Gasteiger partial charge on any atom is -0.475 e. The van der Waals surface area contributed by atoms with E-state index in [9.17, 15) is 35.1 Å². The zero-order valence-electron chi connectivity index (χ0n) is 20.9. The van der Waals surface area contributed by atoms with E-state index in [0.717, 1.165) is 11.3 Å². The van der Waals surface area contributed by atoms with Gasteiger partial charge >= 0.3 is 24.3 Å². The number of nitrogens with zero attached hydrogens (tertiary/aromatic N) is 5. The van der Waals surface area contributed by atoms with E-state index < -0.39 is 35.6 Å². The van der Waals surface area contributed by atoms with E-state index in [4.69, 9.17) is 19.8 Å². The van der Waals surface area contributed by atoms with Gasteiger partial charge in [0.1, 0.15) is 0 Å². The normalized spacial score (nSPS) is 20.7. The van der Waals surface area contributed by atoms with Gasteiger partial charge in [-0.2, -0.15) is 31.4 Å². The summed E-state index contributed by atoms with van der Waals surface area (Å²) >= 11 is 0. The number of aryl methyl sites for hydroxylation is 1. The van der Waals surface area contributed by atoms with Gasteiger partial charge in [-0.1, -0.05) is 0 Å². The summed E-state index contributed by atoms with van der Waals surface area (Å²) in [6.45, 7) is 4.29. The zero-order chi connectivity index (χ0) is 30.4. The molecular formula is C23H25F8N5O4. The van der Waals surface area contributed by atoms with Crippen molar-refractivity contribution in [3.63, 3.8) is 0 Å². The molecular weight excluding hydrogens is 562 g/mol. The largest absolute Gasteiger partial charge is 0.490 e. The van der Waals surface area contributed by atoms with Gasteiger partial charge in [0.2, 0.25) is 0 Å². The second-order valence-corrected chi connectivity index (χ2v) is 9.11. The predicted octanol–water partition coefficient (Wildman–Crippen LogP) is 4.18. The first-order valence-electron chi connectivity index (χ1n) is 11.5. The maximum absolute atomic E-state index is 14.9. The molecule has 9 nitrogen and oxygen atoms in total. The lowest BCUT2D eigenvalue weighted by molar-refractivity contribution is -0.193. The molecule has 222 valence electrons. The Morgan fingerprint density at radius 2 is 1.43 bits per heavy atom. The van der Waals surface area contributed by atoms with Crippen LogP contribution in [0.4, 0.5) is 40.9 Å². The predicted molar refractivity (Wildman–Crippen MR) is 122 cm³/mol. The summed E-state index contributed by atoms with van der Waals surface area (Å²) in [6, 6.07) is 7.64. The molecule has 0 saturated carbocycles. The van der Waals surface area contributed by atoms with E-state index in [1.54, 1.807) is 12.4 Å². The first-order chi connectivity index (χ1) is 18.4. The number of carboxylic acid groups (broad SMARTS) is 2. The van der Waals surface area contributed by atoms with E-state index in [0.29, 0.717) is 45.0 Å². The van der Waals surface area contributed by atoms with Crippen LogP contribution >= 0.6 is 0 Å². The molecule has 0 amide bonds. The lowest BCUT2D eigenvalue weighted by Crippen LogP contribution is -2.56. The van der Waals surface area contributed by atoms with Gasteiger partial charge in [-0.3, -0.25) is 9.88 Å². The van der Waals surface area contributed by atoms with Crippen LogP contribution in [0.1, 0.15) is 24.1 Å². The Kier molecular flexibility index (Phi) is 10.3. The molecule has 40 heavy (non-hydrogen) atoms. The van der Waals surface area contributed by atoms with Crippen molar-refractivity contribution in [2.45, 2.75) is 44.6 Å². The van der Waals surface area contributed by atoms with Crippen molar-refractivity contribution in [1.82, 2.24) is 20.1 Å². The van der Waals surface area contributed by atoms with Crippen LogP contribution in [0.2, 0.25) is 0 Å². The average Bonchev–Trinajstić information content (AvgIpc) is 3.28. The number of hydrogen-bond acceptors (Lipinski definition) is 7. The van der Waals surface area contributed by atoms with Crippen molar-refractivity contribution in [1.29, 1.82) is 0 Å². The van der Waals surface area contributed by atoms with Crippen LogP contribution in [-0.2, 0) is 16.1 Å².